The maximum Gasteiger partial charge on any atom is 0.247 e. The van der Waals surface area contributed by atoms with Gasteiger partial charge in [-0.1, -0.05) is 49.4 Å². The number of carbonyl (C=O) groups is 1. The number of rotatable bonds is 7. The van der Waals surface area contributed by atoms with Gasteiger partial charge in [0.05, 0.1) is 18.8 Å². The molecule has 1 saturated heterocycles. The van der Waals surface area contributed by atoms with Crippen LogP contribution in [0.5, 0.6) is 0 Å². The number of para-hydroxylation sites is 1. The van der Waals surface area contributed by atoms with E-state index in [0.29, 0.717) is 0 Å². The van der Waals surface area contributed by atoms with Crippen molar-refractivity contribution in [3.63, 3.8) is 0 Å². The van der Waals surface area contributed by atoms with Crippen molar-refractivity contribution in [3.8, 4) is 0 Å². The lowest BCUT2D eigenvalue weighted by Crippen LogP contribution is -2.49. The average molecular weight is 400 g/mol. The fraction of sp³-hybridized carbons (Fsp3) is 0.435. The minimum atomic E-state index is -0.492. The number of amides is 1. The third-order valence-electron chi connectivity index (χ3n) is 5.55. The zero-order valence-electron chi connectivity index (χ0n) is 17.3. The number of likely N-dealkylation sites (N-methyl/N-ethyl adjacent to an activating group) is 1. The van der Waals surface area contributed by atoms with Crippen molar-refractivity contribution < 1.29 is 18.8 Å². The molecule has 5 nitrogen and oxygen atoms in total. The molecule has 1 unspecified atom stereocenters. The Labute approximate surface area is 172 Å². The van der Waals surface area contributed by atoms with Crippen LogP contribution in [0.15, 0.2) is 54.6 Å². The molecule has 29 heavy (non-hydrogen) atoms. The van der Waals surface area contributed by atoms with E-state index in [1.54, 1.807) is 19.2 Å². The summed E-state index contributed by atoms with van der Waals surface area (Å²) in [5.74, 6) is -0.787. The Kier molecular flexibility index (Phi) is 7.36. The molecule has 0 saturated carbocycles. The van der Waals surface area contributed by atoms with E-state index >= 15 is 0 Å². The molecular weight excluding hydrogens is 371 g/mol. The fourth-order valence-corrected chi connectivity index (χ4v) is 4.12. The molecule has 2 aromatic rings. The number of likely N-dealkylation sites (tertiary alicyclic amines) is 1. The normalized spacial score (nSPS) is 22.4. The van der Waals surface area contributed by atoms with Gasteiger partial charge in [-0.25, -0.2) is 4.39 Å². The lowest BCUT2D eigenvalue weighted by atomic mass is 9.84. The van der Waals surface area contributed by atoms with Gasteiger partial charge in [0.25, 0.3) is 0 Å². The SMILES string of the molecule is CCN1CCC(CON(C(C)=O)c2ccccc2F)[C@@H](OC)[C@H]1c1ccccc1. The number of ether oxygens (including phenoxy) is 1. The van der Waals surface area contributed by atoms with Crippen LogP contribution in [0.1, 0.15) is 31.9 Å². The van der Waals surface area contributed by atoms with Crippen molar-refractivity contribution in [2.75, 3.05) is 31.9 Å². The van der Waals surface area contributed by atoms with Gasteiger partial charge in [-0.15, -0.1) is 0 Å². The molecule has 6 heteroatoms. The van der Waals surface area contributed by atoms with Crippen LogP contribution >= 0.6 is 0 Å². The summed E-state index contributed by atoms with van der Waals surface area (Å²) in [7, 11) is 1.71. The van der Waals surface area contributed by atoms with Gasteiger partial charge < -0.3 is 4.74 Å². The summed E-state index contributed by atoms with van der Waals surface area (Å²) in [5.41, 5.74) is 1.32. The van der Waals surface area contributed by atoms with Crippen LogP contribution in [0.25, 0.3) is 0 Å². The van der Waals surface area contributed by atoms with E-state index in [1.165, 1.54) is 24.6 Å². The Bertz CT molecular complexity index is 802. The van der Waals surface area contributed by atoms with Crippen LogP contribution in [-0.2, 0) is 14.4 Å². The summed E-state index contributed by atoms with van der Waals surface area (Å²) < 4.78 is 20.1. The molecule has 0 bridgehead atoms. The molecule has 0 aliphatic carbocycles. The second-order valence-electron chi connectivity index (χ2n) is 7.29. The van der Waals surface area contributed by atoms with E-state index < -0.39 is 5.82 Å². The van der Waals surface area contributed by atoms with Crippen LogP contribution in [0.4, 0.5) is 10.1 Å². The second kappa shape index (κ2) is 9.96. The first-order chi connectivity index (χ1) is 14.1. The molecule has 0 N–H and O–H groups in total. The quantitative estimate of drug-likeness (QED) is 0.653. The van der Waals surface area contributed by atoms with Gasteiger partial charge in [0.15, 0.2) is 0 Å². The molecule has 156 valence electrons. The van der Waals surface area contributed by atoms with Crippen molar-refractivity contribution >= 4 is 11.6 Å². The minimum absolute atomic E-state index is 0.0710. The topological polar surface area (TPSA) is 42.0 Å². The summed E-state index contributed by atoms with van der Waals surface area (Å²) in [6.07, 6.45) is 0.777. The monoisotopic (exact) mass is 400 g/mol. The van der Waals surface area contributed by atoms with Crippen molar-refractivity contribution in [2.45, 2.75) is 32.4 Å². The predicted octanol–water partition coefficient (Wildman–Crippen LogP) is 4.21. The van der Waals surface area contributed by atoms with Crippen molar-refractivity contribution in [3.05, 3.63) is 66.0 Å². The number of hydroxylamine groups is 1. The number of carbonyl (C=O) groups excluding carboxylic acids is 1. The lowest BCUT2D eigenvalue weighted by molar-refractivity contribution is -0.127. The molecule has 0 aromatic heterocycles. The molecule has 0 spiro atoms. The van der Waals surface area contributed by atoms with Crippen LogP contribution in [0.3, 0.4) is 0 Å². The molecule has 3 atom stereocenters. The highest BCUT2D eigenvalue weighted by molar-refractivity contribution is 5.89. The number of piperidine rings is 1. The first-order valence-electron chi connectivity index (χ1n) is 10.1. The third kappa shape index (κ3) is 4.83. The van der Waals surface area contributed by atoms with Crippen LogP contribution in [0, 0.1) is 11.7 Å². The molecule has 1 fully saturated rings. The minimum Gasteiger partial charge on any atom is -0.379 e. The van der Waals surface area contributed by atoms with Crippen molar-refractivity contribution in [1.29, 1.82) is 0 Å². The standard InChI is InChI=1S/C23H29FN2O3/c1-4-25-15-14-19(23(28-3)22(25)18-10-6-5-7-11-18)16-29-26(17(2)27)21-13-9-8-12-20(21)24/h5-13,19,22-23H,4,14-16H2,1-3H3/t19?,22-,23-/m1/s1. The van der Waals surface area contributed by atoms with Gasteiger partial charge in [0.1, 0.15) is 11.5 Å². The van der Waals surface area contributed by atoms with E-state index in [4.69, 9.17) is 9.57 Å². The van der Waals surface area contributed by atoms with E-state index in [0.717, 1.165) is 24.6 Å². The fourth-order valence-electron chi connectivity index (χ4n) is 4.12. The number of nitrogens with zero attached hydrogens (tertiary/aromatic N) is 2. The second-order valence-corrected chi connectivity index (χ2v) is 7.29. The van der Waals surface area contributed by atoms with Gasteiger partial charge in [0, 0.05) is 20.0 Å². The van der Waals surface area contributed by atoms with Gasteiger partial charge >= 0.3 is 0 Å². The number of benzene rings is 2. The Morgan fingerprint density at radius 2 is 1.86 bits per heavy atom. The van der Waals surface area contributed by atoms with Gasteiger partial charge in [0.2, 0.25) is 5.91 Å². The summed E-state index contributed by atoms with van der Waals surface area (Å²) in [6, 6.07) is 16.5. The highest BCUT2D eigenvalue weighted by atomic mass is 19.1. The van der Waals surface area contributed by atoms with Gasteiger partial charge in [-0.05, 0) is 37.2 Å². The van der Waals surface area contributed by atoms with Gasteiger partial charge in [-0.3, -0.25) is 14.5 Å². The van der Waals surface area contributed by atoms with E-state index in [2.05, 4.69) is 24.0 Å². The Morgan fingerprint density at radius 1 is 1.17 bits per heavy atom. The van der Waals surface area contributed by atoms with Crippen molar-refractivity contribution in [2.24, 2.45) is 5.92 Å². The maximum absolute atomic E-state index is 14.2. The zero-order valence-corrected chi connectivity index (χ0v) is 17.3. The highest BCUT2D eigenvalue weighted by Gasteiger charge is 2.39. The molecular formula is C23H29FN2O3. The molecule has 1 heterocycles. The molecule has 1 aliphatic rings. The van der Waals surface area contributed by atoms with Crippen molar-refractivity contribution in [1.82, 2.24) is 4.90 Å². The zero-order chi connectivity index (χ0) is 20.8. The first-order valence-corrected chi connectivity index (χ1v) is 10.1. The van der Waals surface area contributed by atoms with Crippen LogP contribution < -0.4 is 5.06 Å². The summed E-state index contributed by atoms with van der Waals surface area (Å²) in [4.78, 5) is 20.3. The highest BCUT2D eigenvalue weighted by Crippen LogP contribution is 2.36. The summed E-state index contributed by atoms with van der Waals surface area (Å²) in [6.45, 7) is 5.61. The number of anilines is 1. The summed E-state index contributed by atoms with van der Waals surface area (Å²) >= 11 is 0. The Morgan fingerprint density at radius 3 is 2.48 bits per heavy atom. The van der Waals surface area contributed by atoms with Gasteiger partial charge in [-0.2, -0.15) is 5.06 Å². The largest absolute Gasteiger partial charge is 0.379 e. The van der Waals surface area contributed by atoms with Crippen LogP contribution in [-0.4, -0.2) is 43.7 Å². The molecule has 1 aliphatic heterocycles. The predicted molar refractivity (Wildman–Crippen MR) is 111 cm³/mol. The Hall–Kier alpha value is -2.28. The number of hydrogen-bond acceptors (Lipinski definition) is 4. The molecule has 3 rings (SSSR count). The third-order valence-corrected chi connectivity index (χ3v) is 5.55. The van der Waals surface area contributed by atoms with E-state index in [1.807, 2.05) is 18.2 Å². The smallest absolute Gasteiger partial charge is 0.247 e. The maximum atomic E-state index is 14.2. The number of hydrogen-bond donors (Lipinski definition) is 0. The number of methoxy groups -OCH3 is 1. The molecule has 1 amide bonds. The summed E-state index contributed by atoms with van der Waals surface area (Å²) in [5, 5.41) is 1.05. The Balaban J connectivity index is 1.79. The van der Waals surface area contributed by atoms with Crippen LogP contribution in [0.2, 0.25) is 0 Å². The van der Waals surface area contributed by atoms with E-state index in [9.17, 15) is 9.18 Å². The van der Waals surface area contributed by atoms with E-state index in [-0.39, 0.29) is 36.3 Å². The number of halogens is 1. The average Bonchev–Trinajstić information content (AvgIpc) is 2.74. The molecule has 0 radical (unpaired) electrons. The molecule has 2 aromatic carbocycles. The lowest BCUT2D eigenvalue weighted by Gasteiger charge is -2.45. The first kappa shape index (κ1) is 21.4.